The third-order valence-corrected chi connectivity index (χ3v) is 2.25. The van der Waals surface area contributed by atoms with Crippen molar-refractivity contribution in [3.8, 4) is 0 Å². The number of amides is 1. The van der Waals surface area contributed by atoms with Gasteiger partial charge in [-0.2, -0.15) is 0 Å². The van der Waals surface area contributed by atoms with Gasteiger partial charge in [0.15, 0.2) is 5.84 Å². The lowest BCUT2D eigenvalue weighted by molar-refractivity contribution is -0.120. The fraction of sp³-hybridized carbons (Fsp3) is 0.273. The van der Waals surface area contributed by atoms with Gasteiger partial charge < -0.3 is 16.3 Å². The Morgan fingerprint density at radius 2 is 2.24 bits per heavy atom. The maximum Gasteiger partial charge on any atom is 0.225 e. The number of rotatable bonds is 4. The molecule has 6 heteroatoms. The number of nitrogens with two attached hydrogens (primary N) is 1. The van der Waals surface area contributed by atoms with E-state index in [2.05, 4.69) is 10.5 Å². The summed E-state index contributed by atoms with van der Waals surface area (Å²) < 4.78 is 13.2. The predicted octanol–water partition coefficient (Wildman–Crippen LogP) is 0.619. The van der Waals surface area contributed by atoms with Crippen LogP contribution >= 0.6 is 0 Å². The van der Waals surface area contributed by atoms with Gasteiger partial charge in [-0.05, 0) is 18.6 Å². The molecule has 1 aromatic rings. The molecule has 1 rings (SSSR count). The fourth-order valence-corrected chi connectivity index (χ4v) is 1.27. The number of halogens is 1. The molecular weight excluding hydrogens is 225 g/mol. The van der Waals surface area contributed by atoms with Crippen molar-refractivity contribution in [1.82, 2.24) is 5.32 Å². The van der Waals surface area contributed by atoms with Crippen LogP contribution in [0.2, 0.25) is 0 Å². The van der Waals surface area contributed by atoms with E-state index in [0.29, 0.717) is 5.56 Å². The van der Waals surface area contributed by atoms with E-state index in [-0.39, 0.29) is 12.3 Å². The Morgan fingerprint density at radius 3 is 2.82 bits per heavy atom. The molecule has 0 fully saturated rings. The van der Waals surface area contributed by atoms with Crippen molar-refractivity contribution in [2.45, 2.75) is 19.4 Å². The maximum absolute atomic E-state index is 13.2. The lowest BCUT2D eigenvalue weighted by Gasteiger charge is -2.12. The molecule has 5 nitrogen and oxygen atoms in total. The van der Waals surface area contributed by atoms with Crippen molar-refractivity contribution in [3.05, 3.63) is 35.6 Å². The van der Waals surface area contributed by atoms with E-state index in [1.807, 2.05) is 0 Å². The van der Waals surface area contributed by atoms with Crippen LogP contribution in [0.3, 0.4) is 0 Å². The minimum absolute atomic E-state index is 0.0876. The van der Waals surface area contributed by atoms with Gasteiger partial charge >= 0.3 is 0 Å². The molecule has 0 saturated heterocycles. The molecule has 1 aromatic carbocycles. The normalized spacial score (nSPS) is 13.2. The van der Waals surface area contributed by atoms with Crippen molar-refractivity contribution >= 4 is 11.7 Å². The Labute approximate surface area is 98.1 Å². The van der Waals surface area contributed by atoms with Gasteiger partial charge in [-0.3, -0.25) is 4.79 Å². The van der Waals surface area contributed by atoms with Crippen LogP contribution < -0.4 is 11.1 Å². The first-order valence-corrected chi connectivity index (χ1v) is 5.04. The van der Waals surface area contributed by atoms with Gasteiger partial charge in [-0.25, -0.2) is 4.39 Å². The van der Waals surface area contributed by atoms with Gasteiger partial charge in [0.25, 0.3) is 0 Å². The molecule has 17 heavy (non-hydrogen) atoms. The summed E-state index contributed by atoms with van der Waals surface area (Å²) >= 11 is 0. The van der Waals surface area contributed by atoms with Crippen LogP contribution in [0.4, 0.5) is 4.39 Å². The molecule has 0 saturated carbocycles. The lowest BCUT2D eigenvalue weighted by Crippen LogP contribution is -2.43. The first-order chi connectivity index (χ1) is 8.04. The molecule has 1 unspecified atom stereocenters. The van der Waals surface area contributed by atoms with Crippen LogP contribution in [0.25, 0.3) is 0 Å². The minimum atomic E-state index is -0.598. The molecule has 0 heterocycles. The summed E-state index contributed by atoms with van der Waals surface area (Å²) in [4.78, 5) is 11.5. The third kappa shape index (κ3) is 3.75. The monoisotopic (exact) mass is 239 g/mol. The topological polar surface area (TPSA) is 87.7 Å². The molecule has 1 atom stereocenters. The minimum Gasteiger partial charge on any atom is -0.409 e. The SMILES string of the molecule is CC(NC(=O)Cc1ccccc1F)/C(N)=N/O. The smallest absolute Gasteiger partial charge is 0.225 e. The number of carbonyl (C=O) groups is 1. The number of carbonyl (C=O) groups excluding carboxylic acids is 1. The molecule has 1 amide bonds. The Kier molecular flexibility index (Phi) is 4.45. The number of oxime groups is 1. The summed E-state index contributed by atoms with van der Waals surface area (Å²) in [5.74, 6) is -0.930. The second-order valence-electron chi connectivity index (χ2n) is 3.58. The average Bonchev–Trinajstić information content (AvgIpc) is 2.31. The first-order valence-electron chi connectivity index (χ1n) is 5.04. The number of hydrogen-bond acceptors (Lipinski definition) is 3. The van der Waals surface area contributed by atoms with E-state index in [9.17, 15) is 9.18 Å². The van der Waals surface area contributed by atoms with E-state index in [4.69, 9.17) is 10.9 Å². The van der Waals surface area contributed by atoms with Gasteiger partial charge in [-0.1, -0.05) is 23.4 Å². The molecule has 0 spiro atoms. The van der Waals surface area contributed by atoms with Crippen molar-refractivity contribution in [3.63, 3.8) is 0 Å². The van der Waals surface area contributed by atoms with Gasteiger partial charge in [-0.15, -0.1) is 0 Å². The molecule has 0 aliphatic heterocycles. The second kappa shape index (κ2) is 5.83. The standard InChI is InChI=1S/C11H14FN3O2/c1-7(11(13)15-17)14-10(16)6-8-4-2-3-5-9(8)12/h2-5,7,17H,6H2,1H3,(H2,13,15)(H,14,16). The summed E-state index contributed by atoms with van der Waals surface area (Å²) in [5.41, 5.74) is 5.60. The van der Waals surface area contributed by atoms with Crippen LogP contribution in [-0.2, 0) is 11.2 Å². The van der Waals surface area contributed by atoms with Crippen LogP contribution in [0.15, 0.2) is 29.4 Å². The number of hydrogen-bond donors (Lipinski definition) is 3. The predicted molar refractivity (Wildman–Crippen MR) is 61.1 cm³/mol. The zero-order valence-corrected chi connectivity index (χ0v) is 9.35. The number of amidine groups is 1. The summed E-state index contributed by atoms with van der Waals surface area (Å²) in [5, 5.41) is 13.7. The van der Waals surface area contributed by atoms with E-state index >= 15 is 0 Å². The summed E-state index contributed by atoms with van der Waals surface area (Å²) in [6, 6.07) is 5.42. The van der Waals surface area contributed by atoms with Crippen molar-refractivity contribution in [1.29, 1.82) is 0 Å². The van der Waals surface area contributed by atoms with Crippen molar-refractivity contribution < 1.29 is 14.4 Å². The summed E-state index contributed by atoms with van der Waals surface area (Å²) in [7, 11) is 0. The highest BCUT2D eigenvalue weighted by atomic mass is 19.1. The van der Waals surface area contributed by atoms with Gasteiger partial charge in [0.2, 0.25) is 5.91 Å². The van der Waals surface area contributed by atoms with E-state index in [1.54, 1.807) is 19.1 Å². The molecule has 4 N–H and O–H groups in total. The van der Waals surface area contributed by atoms with E-state index in [1.165, 1.54) is 12.1 Å². The van der Waals surface area contributed by atoms with Crippen LogP contribution in [0.5, 0.6) is 0 Å². The van der Waals surface area contributed by atoms with Gasteiger partial charge in [0.05, 0.1) is 12.5 Å². The van der Waals surface area contributed by atoms with Crippen LogP contribution in [0, 0.1) is 5.82 Å². The average molecular weight is 239 g/mol. The number of nitrogens with zero attached hydrogens (tertiary/aromatic N) is 1. The van der Waals surface area contributed by atoms with Gasteiger partial charge in [0.1, 0.15) is 5.82 Å². The largest absolute Gasteiger partial charge is 0.409 e. The maximum atomic E-state index is 13.2. The van der Waals surface area contributed by atoms with Crippen LogP contribution in [-0.4, -0.2) is 23.0 Å². The number of benzene rings is 1. The summed E-state index contributed by atoms with van der Waals surface area (Å²) in [6.45, 7) is 1.56. The molecule has 0 bridgehead atoms. The first kappa shape index (κ1) is 13.0. The van der Waals surface area contributed by atoms with Crippen LogP contribution in [0.1, 0.15) is 12.5 Å². The highest BCUT2D eigenvalue weighted by molar-refractivity contribution is 5.90. The molecule has 0 aliphatic carbocycles. The van der Waals surface area contributed by atoms with E-state index in [0.717, 1.165) is 0 Å². The van der Waals surface area contributed by atoms with Crippen molar-refractivity contribution in [2.24, 2.45) is 10.9 Å². The summed E-state index contributed by atoms with van der Waals surface area (Å²) in [6.07, 6.45) is -0.0876. The number of nitrogens with one attached hydrogen (secondary N) is 1. The third-order valence-electron chi connectivity index (χ3n) is 2.25. The van der Waals surface area contributed by atoms with Gasteiger partial charge in [0, 0.05) is 0 Å². The van der Waals surface area contributed by atoms with E-state index < -0.39 is 17.8 Å². The quantitative estimate of drug-likeness (QED) is 0.311. The zero-order valence-electron chi connectivity index (χ0n) is 9.35. The molecule has 92 valence electrons. The fourth-order valence-electron chi connectivity index (χ4n) is 1.27. The Morgan fingerprint density at radius 1 is 1.59 bits per heavy atom. The highest BCUT2D eigenvalue weighted by Gasteiger charge is 2.13. The molecule has 0 radical (unpaired) electrons. The van der Waals surface area contributed by atoms with Crippen molar-refractivity contribution in [2.75, 3.05) is 0 Å². The Hall–Kier alpha value is -2.11. The molecule has 0 aromatic heterocycles. The molecule has 0 aliphatic rings. The zero-order chi connectivity index (χ0) is 12.8. The molecular formula is C11H14FN3O2. The Balaban J connectivity index is 2.59. The second-order valence-corrected chi connectivity index (χ2v) is 3.58. The lowest BCUT2D eigenvalue weighted by atomic mass is 10.1. The highest BCUT2D eigenvalue weighted by Crippen LogP contribution is 2.06. The Bertz CT molecular complexity index is 434.